The van der Waals surface area contributed by atoms with Crippen LogP contribution in [-0.4, -0.2) is 18.3 Å². The maximum absolute atomic E-state index is 12.5. The van der Waals surface area contributed by atoms with Gasteiger partial charge in [-0.15, -0.1) is 0 Å². The number of nitrogens with one attached hydrogen (secondary N) is 1. The SMILES string of the molecule is C[C@@H](NC(=O)COc1ccc(C(=O)c2ccccc2)cc1)c1ccc2ccccc2c1. The van der Waals surface area contributed by atoms with Gasteiger partial charge in [0.2, 0.25) is 0 Å². The maximum Gasteiger partial charge on any atom is 0.258 e. The minimum atomic E-state index is -0.204. The number of ether oxygens (including phenoxy) is 1. The summed E-state index contributed by atoms with van der Waals surface area (Å²) in [7, 11) is 0. The number of hydrogen-bond acceptors (Lipinski definition) is 3. The molecule has 1 N–H and O–H groups in total. The number of amides is 1. The van der Waals surface area contributed by atoms with Crippen molar-refractivity contribution in [1.82, 2.24) is 5.32 Å². The Morgan fingerprint density at radius 1 is 0.774 bits per heavy atom. The van der Waals surface area contributed by atoms with Gasteiger partial charge < -0.3 is 10.1 Å². The van der Waals surface area contributed by atoms with E-state index in [1.54, 1.807) is 36.4 Å². The third-order valence-electron chi connectivity index (χ3n) is 5.17. The van der Waals surface area contributed by atoms with Crippen LogP contribution in [0.5, 0.6) is 5.75 Å². The van der Waals surface area contributed by atoms with Crippen molar-refractivity contribution in [1.29, 1.82) is 0 Å². The Hall–Kier alpha value is -3.92. The fourth-order valence-electron chi connectivity index (χ4n) is 3.45. The molecule has 1 amide bonds. The van der Waals surface area contributed by atoms with Gasteiger partial charge in [0.05, 0.1) is 6.04 Å². The van der Waals surface area contributed by atoms with Crippen molar-refractivity contribution in [2.45, 2.75) is 13.0 Å². The Labute approximate surface area is 181 Å². The van der Waals surface area contributed by atoms with Crippen molar-refractivity contribution in [3.8, 4) is 5.75 Å². The number of carbonyl (C=O) groups excluding carboxylic acids is 2. The topological polar surface area (TPSA) is 55.4 Å². The first-order valence-electron chi connectivity index (χ1n) is 10.2. The molecule has 0 aliphatic rings. The van der Waals surface area contributed by atoms with Gasteiger partial charge in [-0.2, -0.15) is 0 Å². The molecule has 0 spiro atoms. The van der Waals surface area contributed by atoms with E-state index in [-0.39, 0.29) is 24.3 Å². The highest BCUT2D eigenvalue weighted by Crippen LogP contribution is 2.20. The van der Waals surface area contributed by atoms with Crippen molar-refractivity contribution < 1.29 is 14.3 Å². The standard InChI is InChI=1S/C27H23NO3/c1-19(23-12-11-20-7-5-6-10-24(20)17-23)28-26(29)18-31-25-15-13-22(14-16-25)27(30)21-8-3-2-4-9-21/h2-17,19H,18H2,1H3,(H,28,29)/t19-/m1/s1. The number of ketones is 1. The van der Waals surface area contributed by atoms with E-state index in [4.69, 9.17) is 4.74 Å². The number of hydrogen-bond donors (Lipinski definition) is 1. The van der Waals surface area contributed by atoms with E-state index in [2.05, 4.69) is 29.6 Å². The fourth-order valence-corrected chi connectivity index (χ4v) is 3.45. The smallest absolute Gasteiger partial charge is 0.258 e. The third-order valence-corrected chi connectivity index (χ3v) is 5.17. The fraction of sp³-hybridized carbons (Fsp3) is 0.111. The Kier molecular flexibility index (Phi) is 6.08. The van der Waals surface area contributed by atoms with Crippen LogP contribution < -0.4 is 10.1 Å². The van der Waals surface area contributed by atoms with E-state index in [1.165, 1.54) is 5.39 Å². The molecule has 0 unspecified atom stereocenters. The van der Waals surface area contributed by atoms with Crippen molar-refractivity contribution in [2.75, 3.05) is 6.61 Å². The van der Waals surface area contributed by atoms with Gasteiger partial charge in [-0.05, 0) is 53.6 Å². The normalized spacial score (nSPS) is 11.6. The Bertz CT molecular complexity index is 1200. The molecule has 154 valence electrons. The van der Waals surface area contributed by atoms with Crippen molar-refractivity contribution >= 4 is 22.5 Å². The van der Waals surface area contributed by atoms with Gasteiger partial charge in [-0.3, -0.25) is 9.59 Å². The molecule has 4 heteroatoms. The van der Waals surface area contributed by atoms with E-state index in [0.717, 1.165) is 10.9 Å². The van der Waals surface area contributed by atoms with Crippen LogP contribution in [-0.2, 0) is 4.79 Å². The van der Waals surface area contributed by atoms with E-state index in [1.807, 2.05) is 43.3 Å². The van der Waals surface area contributed by atoms with Crippen LogP contribution in [0.15, 0.2) is 97.1 Å². The lowest BCUT2D eigenvalue weighted by atomic mass is 10.0. The van der Waals surface area contributed by atoms with Gasteiger partial charge in [0.15, 0.2) is 12.4 Å². The zero-order chi connectivity index (χ0) is 21.6. The van der Waals surface area contributed by atoms with Gasteiger partial charge in [0.25, 0.3) is 5.91 Å². The first kappa shape index (κ1) is 20.4. The Morgan fingerprint density at radius 3 is 2.16 bits per heavy atom. The highest BCUT2D eigenvalue weighted by Gasteiger charge is 2.12. The van der Waals surface area contributed by atoms with Gasteiger partial charge in [0.1, 0.15) is 5.75 Å². The van der Waals surface area contributed by atoms with Crippen LogP contribution in [0.1, 0.15) is 34.5 Å². The third kappa shape index (κ3) is 4.98. The second kappa shape index (κ2) is 9.26. The van der Waals surface area contributed by atoms with Crippen molar-refractivity contribution in [3.05, 3.63) is 114 Å². The molecule has 0 aromatic heterocycles. The summed E-state index contributed by atoms with van der Waals surface area (Å²) in [5.41, 5.74) is 2.25. The average Bonchev–Trinajstić information content (AvgIpc) is 2.83. The van der Waals surface area contributed by atoms with E-state index in [9.17, 15) is 9.59 Å². The number of benzene rings is 4. The molecule has 0 radical (unpaired) electrons. The lowest BCUT2D eigenvalue weighted by Crippen LogP contribution is -2.31. The summed E-state index contributed by atoms with van der Waals surface area (Å²) in [6, 6.07) is 30.1. The lowest BCUT2D eigenvalue weighted by molar-refractivity contribution is -0.123. The minimum Gasteiger partial charge on any atom is -0.484 e. The van der Waals surface area contributed by atoms with Gasteiger partial charge >= 0.3 is 0 Å². The summed E-state index contributed by atoms with van der Waals surface area (Å²) in [4.78, 5) is 24.8. The molecule has 4 aromatic rings. The predicted octanol–water partition coefficient (Wildman–Crippen LogP) is 5.33. The molecule has 4 nitrogen and oxygen atoms in total. The molecule has 0 aliphatic heterocycles. The summed E-state index contributed by atoms with van der Waals surface area (Å²) in [5, 5.41) is 5.27. The van der Waals surface area contributed by atoms with Crippen molar-refractivity contribution in [2.24, 2.45) is 0 Å². The second-order valence-electron chi connectivity index (χ2n) is 7.40. The first-order valence-corrected chi connectivity index (χ1v) is 10.2. The highest BCUT2D eigenvalue weighted by atomic mass is 16.5. The molecule has 1 atom stereocenters. The highest BCUT2D eigenvalue weighted by molar-refractivity contribution is 6.09. The van der Waals surface area contributed by atoms with Gasteiger partial charge in [-0.1, -0.05) is 66.7 Å². The number of fused-ring (bicyclic) bond motifs is 1. The zero-order valence-electron chi connectivity index (χ0n) is 17.2. The maximum atomic E-state index is 12.5. The second-order valence-corrected chi connectivity index (χ2v) is 7.40. The number of carbonyl (C=O) groups is 2. The van der Waals surface area contributed by atoms with Crippen LogP contribution >= 0.6 is 0 Å². The summed E-state index contributed by atoms with van der Waals surface area (Å²) in [6.45, 7) is 1.86. The molecule has 0 saturated heterocycles. The summed E-state index contributed by atoms with van der Waals surface area (Å²) in [6.07, 6.45) is 0. The van der Waals surface area contributed by atoms with Gasteiger partial charge in [0, 0.05) is 11.1 Å². The predicted molar refractivity (Wildman–Crippen MR) is 122 cm³/mol. The Morgan fingerprint density at radius 2 is 1.42 bits per heavy atom. The van der Waals surface area contributed by atoms with E-state index < -0.39 is 0 Å². The number of rotatable bonds is 7. The van der Waals surface area contributed by atoms with Crippen LogP contribution in [0, 0.1) is 0 Å². The molecule has 0 saturated carbocycles. The van der Waals surface area contributed by atoms with E-state index >= 15 is 0 Å². The van der Waals surface area contributed by atoms with Crippen LogP contribution in [0.2, 0.25) is 0 Å². The molecule has 0 fully saturated rings. The first-order chi connectivity index (χ1) is 15.1. The molecule has 0 bridgehead atoms. The van der Waals surface area contributed by atoms with Crippen molar-refractivity contribution in [3.63, 3.8) is 0 Å². The van der Waals surface area contributed by atoms with E-state index in [0.29, 0.717) is 16.9 Å². The Balaban J connectivity index is 1.32. The largest absolute Gasteiger partial charge is 0.484 e. The summed E-state index contributed by atoms with van der Waals surface area (Å²) >= 11 is 0. The molecule has 0 aliphatic carbocycles. The molecule has 0 heterocycles. The lowest BCUT2D eigenvalue weighted by Gasteiger charge is -2.15. The summed E-state index contributed by atoms with van der Waals surface area (Å²) < 4.78 is 5.59. The zero-order valence-corrected chi connectivity index (χ0v) is 17.2. The van der Waals surface area contributed by atoms with Gasteiger partial charge in [-0.25, -0.2) is 0 Å². The molecule has 31 heavy (non-hydrogen) atoms. The van der Waals surface area contributed by atoms with Crippen LogP contribution in [0.3, 0.4) is 0 Å². The molecule has 4 rings (SSSR count). The molecular formula is C27H23NO3. The molecule has 4 aromatic carbocycles. The van der Waals surface area contributed by atoms with Crippen LogP contribution in [0.4, 0.5) is 0 Å². The minimum absolute atomic E-state index is 0.0471. The summed E-state index contributed by atoms with van der Waals surface area (Å²) in [5.74, 6) is 0.289. The average molecular weight is 409 g/mol. The molecular weight excluding hydrogens is 386 g/mol. The monoisotopic (exact) mass is 409 g/mol. The quantitative estimate of drug-likeness (QED) is 0.420. The van der Waals surface area contributed by atoms with Crippen LogP contribution in [0.25, 0.3) is 10.8 Å².